The molecule has 4 heteroatoms. The van der Waals surface area contributed by atoms with Crippen molar-refractivity contribution in [3.05, 3.63) is 35.9 Å². The summed E-state index contributed by atoms with van der Waals surface area (Å²) in [7, 11) is 0. The second-order valence-electron chi connectivity index (χ2n) is 10.5. The van der Waals surface area contributed by atoms with Gasteiger partial charge >= 0.3 is 0 Å². The molecule has 5 atom stereocenters. The van der Waals surface area contributed by atoms with Crippen molar-refractivity contribution in [2.75, 3.05) is 0 Å². The summed E-state index contributed by atoms with van der Waals surface area (Å²) < 4.78 is 5.61. The Morgan fingerprint density at radius 1 is 0.879 bits per heavy atom. The monoisotopic (exact) mass is 462 g/mol. The van der Waals surface area contributed by atoms with Gasteiger partial charge in [0.25, 0.3) is 0 Å². The van der Waals surface area contributed by atoms with Gasteiger partial charge in [-0.3, -0.25) is 0 Å². The number of aliphatic hydroxyl groups excluding tert-OH is 2. The summed E-state index contributed by atoms with van der Waals surface area (Å²) in [6, 6.07) is 9.74. The molecule has 0 bridgehead atoms. The van der Waals surface area contributed by atoms with Gasteiger partial charge < -0.3 is 20.1 Å². The Labute approximate surface area is 202 Å². The molecule has 0 amide bonds. The lowest BCUT2D eigenvalue weighted by molar-refractivity contribution is -0.155. The average Bonchev–Trinajstić information content (AvgIpc) is 3.10. The third-order valence-electron chi connectivity index (χ3n) is 7.37. The molecule has 1 saturated heterocycles. The van der Waals surface area contributed by atoms with E-state index in [1.807, 2.05) is 37.3 Å². The van der Waals surface area contributed by atoms with Gasteiger partial charge in [-0.15, -0.1) is 0 Å². The van der Waals surface area contributed by atoms with Gasteiger partial charge in [-0.2, -0.15) is 0 Å². The maximum absolute atomic E-state index is 11.2. The number of rotatable bonds is 18. The van der Waals surface area contributed by atoms with Crippen LogP contribution in [0.4, 0.5) is 0 Å². The van der Waals surface area contributed by atoms with E-state index in [1.54, 1.807) is 0 Å². The van der Waals surface area contributed by atoms with E-state index in [2.05, 4.69) is 6.92 Å². The molecule has 33 heavy (non-hydrogen) atoms. The largest absolute Gasteiger partial charge is 0.390 e. The van der Waals surface area contributed by atoms with Crippen molar-refractivity contribution >= 4 is 0 Å². The van der Waals surface area contributed by atoms with Crippen LogP contribution in [-0.2, 0) is 11.2 Å². The lowest BCUT2D eigenvalue weighted by Crippen LogP contribution is -2.49. The lowest BCUT2D eigenvalue weighted by atomic mass is 9.81. The number of hydrogen-bond donors (Lipinski definition) is 3. The summed E-state index contributed by atoms with van der Waals surface area (Å²) in [6.07, 6.45) is 16.1. The topological polar surface area (TPSA) is 69.9 Å². The highest BCUT2D eigenvalue weighted by Gasteiger charge is 2.51. The molecule has 1 aromatic rings. The van der Waals surface area contributed by atoms with E-state index in [4.69, 9.17) is 4.74 Å². The molecule has 0 aliphatic carbocycles. The summed E-state index contributed by atoms with van der Waals surface area (Å²) in [5, 5.41) is 32.2. The van der Waals surface area contributed by atoms with Crippen molar-refractivity contribution in [2.24, 2.45) is 5.92 Å². The van der Waals surface area contributed by atoms with E-state index in [-0.39, 0.29) is 12.3 Å². The zero-order valence-electron chi connectivity index (χ0n) is 21.3. The zero-order chi connectivity index (χ0) is 23.9. The van der Waals surface area contributed by atoms with Crippen LogP contribution in [0.15, 0.2) is 30.3 Å². The molecule has 0 aromatic heterocycles. The van der Waals surface area contributed by atoms with Crippen molar-refractivity contribution in [3.8, 4) is 0 Å². The quantitative estimate of drug-likeness (QED) is 0.216. The fraction of sp³-hybridized carbons (Fsp3) is 0.793. The molecule has 2 rings (SSSR count). The van der Waals surface area contributed by atoms with Crippen LogP contribution < -0.4 is 0 Å². The van der Waals surface area contributed by atoms with E-state index >= 15 is 0 Å². The summed E-state index contributed by atoms with van der Waals surface area (Å²) >= 11 is 0. The Balaban J connectivity index is 1.59. The molecular formula is C29H50O4. The fourth-order valence-corrected chi connectivity index (χ4v) is 5.24. The van der Waals surface area contributed by atoms with Crippen molar-refractivity contribution in [3.63, 3.8) is 0 Å². The molecule has 3 N–H and O–H groups in total. The zero-order valence-corrected chi connectivity index (χ0v) is 21.3. The smallest absolute Gasteiger partial charge is 0.158 e. The molecule has 4 nitrogen and oxygen atoms in total. The third-order valence-corrected chi connectivity index (χ3v) is 7.37. The number of hydrogen-bond acceptors (Lipinski definition) is 4. The van der Waals surface area contributed by atoms with Crippen molar-refractivity contribution in [1.82, 2.24) is 0 Å². The van der Waals surface area contributed by atoms with Crippen LogP contribution in [-0.4, -0.2) is 39.4 Å². The number of benzene rings is 1. The molecular weight excluding hydrogens is 412 g/mol. The van der Waals surface area contributed by atoms with Crippen molar-refractivity contribution < 1.29 is 20.1 Å². The van der Waals surface area contributed by atoms with E-state index < -0.39 is 24.1 Å². The van der Waals surface area contributed by atoms with E-state index in [1.165, 1.54) is 77.0 Å². The SMILES string of the molecule is CCCCCCCCCCCCCCCC(C)C(O)[C@H]1OC(O)C[C@]1(O)Cc1ccccc1. The first kappa shape index (κ1) is 28.3. The molecule has 1 aliphatic heterocycles. The summed E-state index contributed by atoms with van der Waals surface area (Å²) in [4.78, 5) is 0. The van der Waals surface area contributed by atoms with Gasteiger partial charge in [0.2, 0.25) is 0 Å². The number of unbranched alkanes of at least 4 members (excludes halogenated alkanes) is 12. The van der Waals surface area contributed by atoms with Crippen LogP contribution in [0.3, 0.4) is 0 Å². The van der Waals surface area contributed by atoms with Crippen molar-refractivity contribution in [2.45, 2.75) is 141 Å². The molecule has 0 spiro atoms. The number of ether oxygens (including phenoxy) is 1. The Kier molecular flexibility index (Phi) is 13.6. The Morgan fingerprint density at radius 3 is 1.94 bits per heavy atom. The molecule has 0 radical (unpaired) electrons. The third kappa shape index (κ3) is 10.5. The number of aliphatic hydroxyl groups is 3. The van der Waals surface area contributed by atoms with Crippen LogP contribution in [0, 0.1) is 5.92 Å². The van der Waals surface area contributed by atoms with Gasteiger partial charge in [-0.25, -0.2) is 0 Å². The Bertz CT molecular complexity index is 607. The molecule has 0 saturated carbocycles. The first-order chi connectivity index (χ1) is 16.0. The minimum absolute atomic E-state index is 0.0234. The highest BCUT2D eigenvalue weighted by Crippen LogP contribution is 2.37. The van der Waals surface area contributed by atoms with Crippen LogP contribution in [0.2, 0.25) is 0 Å². The first-order valence-electron chi connectivity index (χ1n) is 13.7. The Hall–Kier alpha value is -0.940. The normalized spacial score (nSPS) is 24.8. The molecule has 1 aliphatic rings. The van der Waals surface area contributed by atoms with Crippen molar-refractivity contribution in [1.29, 1.82) is 0 Å². The van der Waals surface area contributed by atoms with Crippen LogP contribution in [0.25, 0.3) is 0 Å². The maximum Gasteiger partial charge on any atom is 0.158 e. The summed E-state index contributed by atoms with van der Waals surface area (Å²) in [6.45, 7) is 4.30. The van der Waals surface area contributed by atoms with Crippen LogP contribution >= 0.6 is 0 Å². The van der Waals surface area contributed by atoms with Gasteiger partial charge in [-0.1, -0.05) is 128 Å². The maximum atomic E-state index is 11.2. The summed E-state index contributed by atoms with van der Waals surface area (Å²) in [5.41, 5.74) is -0.260. The highest BCUT2D eigenvalue weighted by molar-refractivity contribution is 5.19. The molecule has 1 heterocycles. The molecule has 1 fully saturated rings. The van der Waals surface area contributed by atoms with E-state index in [0.29, 0.717) is 6.42 Å². The predicted octanol–water partition coefficient (Wildman–Crippen LogP) is 6.55. The lowest BCUT2D eigenvalue weighted by Gasteiger charge is -2.34. The molecule has 1 aromatic carbocycles. The predicted molar refractivity (Wildman–Crippen MR) is 136 cm³/mol. The molecule has 3 unspecified atom stereocenters. The van der Waals surface area contributed by atoms with Crippen LogP contribution in [0.5, 0.6) is 0 Å². The second kappa shape index (κ2) is 15.9. The van der Waals surface area contributed by atoms with Gasteiger partial charge in [0.05, 0.1) is 6.10 Å². The molecule has 190 valence electrons. The van der Waals surface area contributed by atoms with Gasteiger partial charge in [0.1, 0.15) is 11.7 Å². The fourth-order valence-electron chi connectivity index (χ4n) is 5.24. The Morgan fingerprint density at radius 2 is 1.39 bits per heavy atom. The minimum atomic E-state index is -1.25. The van der Waals surface area contributed by atoms with Crippen LogP contribution in [0.1, 0.15) is 116 Å². The standard InChI is InChI=1S/C29H50O4/c1-3-4-5-6-7-8-9-10-11-12-13-14-16-19-24(2)27(31)28-29(32,23-26(30)33-28)22-25-20-17-15-18-21-25/h15,17-18,20-21,24,26-28,30-32H,3-14,16,19,22-23H2,1-2H3/t24?,26?,27?,28-,29-/m1/s1. The highest BCUT2D eigenvalue weighted by atomic mass is 16.6. The van der Waals surface area contributed by atoms with Gasteiger partial charge in [0, 0.05) is 12.8 Å². The van der Waals surface area contributed by atoms with Gasteiger partial charge in [0.15, 0.2) is 6.29 Å². The minimum Gasteiger partial charge on any atom is -0.390 e. The second-order valence-corrected chi connectivity index (χ2v) is 10.5. The van der Waals surface area contributed by atoms with E-state index in [0.717, 1.165) is 18.4 Å². The van der Waals surface area contributed by atoms with E-state index in [9.17, 15) is 15.3 Å². The first-order valence-corrected chi connectivity index (χ1v) is 13.7. The summed E-state index contributed by atoms with van der Waals surface area (Å²) in [5.74, 6) is 0.0234. The van der Waals surface area contributed by atoms with Gasteiger partial charge in [-0.05, 0) is 17.9 Å². The average molecular weight is 463 g/mol.